The highest BCUT2D eigenvalue weighted by Crippen LogP contribution is 2.66. The van der Waals surface area contributed by atoms with Crippen LogP contribution in [0.3, 0.4) is 0 Å². The summed E-state index contributed by atoms with van der Waals surface area (Å²) in [6.45, 7) is 2.01. The van der Waals surface area contributed by atoms with Gasteiger partial charge in [-0.3, -0.25) is 4.79 Å². The molecule has 3 heterocycles. The van der Waals surface area contributed by atoms with Crippen LogP contribution in [-0.2, 0) is 35.0 Å². The number of benzene rings is 1. The Hall–Kier alpha value is -1.51. The molecule has 1 aromatic carbocycles. The monoisotopic (exact) mass is 479 g/mol. The quantitative estimate of drug-likeness (QED) is 0.679. The van der Waals surface area contributed by atoms with Crippen molar-refractivity contribution in [3.63, 3.8) is 0 Å². The van der Waals surface area contributed by atoms with E-state index in [0.29, 0.717) is 17.9 Å². The van der Waals surface area contributed by atoms with Crippen LogP contribution in [-0.4, -0.2) is 34.3 Å². The molecule has 1 aliphatic carbocycles. The van der Waals surface area contributed by atoms with Gasteiger partial charge in [0, 0.05) is 47.4 Å². The summed E-state index contributed by atoms with van der Waals surface area (Å²) in [6.07, 6.45) is 3.10. The molecule has 1 N–H and O–H groups in total. The molecule has 1 amide bonds. The fourth-order valence-electron chi connectivity index (χ4n) is 5.15. The first-order valence-corrected chi connectivity index (χ1v) is 11.2. The number of nitrogens with zero attached hydrogens (tertiary/aromatic N) is 2. The SMILES string of the molecule is Cn1c(CC(=O)N[C@@H]2CCCOC2)c2n(c1=S)C[C@@]1(c3cc(Br)ccc3F)C[C@@H]21. The number of imidazole rings is 1. The lowest BCUT2D eigenvalue weighted by Gasteiger charge is -2.23. The largest absolute Gasteiger partial charge is 0.379 e. The minimum atomic E-state index is -0.243. The van der Waals surface area contributed by atoms with E-state index in [2.05, 4.69) is 25.8 Å². The molecule has 5 nitrogen and oxygen atoms in total. The maximum Gasteiger partial charge on any atom is 0.226 e. The Balaban J connectivity index is 1.42. The topological polar surface area (TPSA) is 48.2 Å². The summed E-state index contributed by atoms with van der Waals surface area (Å²) >= 11 is 9.13. The van der Waals surface area contributed by atoms with Crippen molar-refractivity contribution in [3.05, 3.63) is 50.2 Å². The molecule has 0 spiro atoms. The summed E-state index contributed by atoms with van der Waals surface area (Å²) in [5.41, 5.74) is 2.55. The van der Waals surface area contributed by atoms with Crippen LogP contribution < -0.4 is 5.32 Å². The molecule has 29 heavy (non-hydrogen) atoms. The van der Waals surface area contributed by atoms with Crippen molar-refractivity contribution in [1.29, 1.82) is 0 Å². The van der Waals surface area contributed by atoms with Crippen molar-refractivity contribution in [2.75, 3.05) is 13.2 Å². The van der Waals surface area contributed by atoms with Gasteiger partial charge in [0.1, 0.15) is 5.82 Å². The second-order valence-corrected chi connectivity index (χ2v) is 9.74. The van der Waals surface area contributed by atoms with Gasteiger partial charge in [-0.1, -0.05) is 15.9 Å². The number of aromatic nitrogens is 2. The summed E-state index contributed by atoms with van der Waals surface area (Å²) in [5, 5.41) is 3.09. The van der Waals surface area contributed by atoms with Crippen LogP contribution >= 0.6 is 28.1 Å². The van der Waals surface area contributed by atoms with E-state index in [1.807, 2.05) is 17.7 Å². The van der Waals surface area contributed by atoms with Gasteiger partial charge < -0.3 is 19.2 Å². The van der Waals surface area contributed by atoms with Gasteiger partial charge in [0.2, 0.25) is 5.91 Å². The average molecular weight is 480 g/mol. The molecule has 0 radical (unpaired) electrons. The van der Waals surface area contributed by atoms with Gasteiger partial charge >= 0.3 is 0 Å². The lowest BCUT2D eigenvalue weighted by atomic mass is 9.93. The van der Waals surface area contributed by atoms with E-state index in [4.69, 9.17) is 17.0 Å². The van der Waals surface area contributed by atoms with Crippen molar-refractivity contribution in [3.8, 4) is 0 Å². The van der Waals surface area contributed by atoms with Crippen LogP contribution in [0.5, 0.6) is 0 Å². The Bertz CT molecular complexity index is 1060. The minimum absolute atomic E-state index is 0.00807. The third-order valence-electron chi connectivity index (χ3n) is 6.67. The molecular weight excluding hydrogens is 457 g/mol. The number of hydrogen-bond acceptors (Lipinski definition) is 3. The number of hydrogen-bond donors (Lipinski definition) is 1. The fraction of sp³-hybridized carbons (Fsp3) is 0.524. The first kappa shape index (κ1) is 19.5. The predicted molar refractivity (Wildman–Crippen MR) is 113 cm³/mol. The van der Waals surface area contributed by atoms with Crippen LogP contribution in [0.4, 0.5) is 4.39 Å². The zero-order valence-electron chi connectivity index (χ0n) is 16.2. The molecule has 3 aliphatic rings. The first-order valence-electron chi connectivity index (χ1n) is 10.0. The molecule has 0 bridgehead atoms. The van der Waals surface area contributed by atoms with E-state index in [1.54, 1.807) is 6.07 Å². The van der Waals surface area contributed by atoms with Crippen LogP contribution in [0.25, 0.3) is 0 Å². The Kier molecular flexibility index (Phi) is 4.71. The number of ether oxygens (including phenoxy) is 1. The number of halogens is 2. The molecule has 1 saturated carbocycles. The second-order valence-electron chi connectivity index (χ2n) is 8.46. The minimum Gasteiger partial charge on any atom is -0.379 e. The molecule has 2 aliphatic heterocycles. The molecule has 1 aromatic heterocycles. The Morgan fingerprint density at radius 3 is 3.07 bits per heavy atom. The highest BCUT2D eigenvalue weighted by molar-refractivity contribution is 9.10. The summed E-state index contributed by atoms with van der Waals surface area (Å²) in [5.74, 6) is 0.0228. The van der Waals surface area contributed by atoms with Crippen LogP contribution in [0.1, 0.15) is 42.1 Å². The highest BCUT2D eigenvalue weighted by Gasteiger charge is 2.63. The van der Waals surface area contributed by atoms with E-state index in [9.17, 15) is 9.18 Å². The third-order valence-corrected chi connectivity index (χ3v) is 7.66. The fourth-order valence-corrected chi connectivity index (χ4v) is 5.78. The van der Waals surface area contributed by atoms with Gasteiger partial charge in [-0.05, 0) is 55.2 Å². The van der Waals surface area contributed by atoms with Gasteiger partial charge in [-0.15, -0.1) is 0 Å². The summed E-state index contributed by atoms with van der Waals surface area (Å²) in [4.78, 5) is 12.7. The van der Waals surface area contributed by atoms with E-state index < -0.39 is 0 Å². The van der Waals surface area contributed by atoms with Crippen molar-refractivity contribution < 1.29 is 13.9 Å². The smallest absolute Gasteiger partial charge is 0.226 e. The van der Waals surface area contributed by atoms with E-state index in [0.717, 1.165) is 47.3 Å². The number of rotatable bonds is 4. The molecule has 0 unspecified atom stereocenters. The number of amides is 1. The molecule has 2 fully saturated rings. The highest BCUT2D eigenvalue weighted by atomic mass is 79.9. The number of fused-ring (bicyclic) bond motifs is 3. The number of nitrogens with one attached hydrogen (secondary N) is 1. The van der Waals surface area contributed by atoms with E-state index in [-0.39, 0.29) is 35.5 Å². The maximum atomic E-state index is 14.6. The lowest BCUT2D eigenvalue weighted by molar-refractivity contribution is -0.122. The van der Waals surface area contributed by atoms with Crippen molar-refractivity contribution in [2.45, 2.75) is 49.6 Å². The van der Waals surface area contributed by atoms with Crippen molar-refractivity contribution in [1.82, 2.24) is 14.5 Å². The standard InChI is InChI=1S/C21H23BrFN3O2S/c1-25-17(8-18(27)24-13-3-2-6-28-10-13)19-15-9-21(15,11-26(19)20(25)29)14-7-12(22)4-5-16(14)23/h4-5,7,13,15H,2-3,6,8-11H2,1H3,(H,24,27)/t13-,15+,21-/m1/s1. The molecule has 3 atom stereocenters. The Morgan fingerprint density at radius 2 is 2.31 bits per heavy atom. The molecule has 154 valence electrons. The molecule has 1 saturated heterocycles. The predicted octanol–water partition coefficient (Wildman–Crippen LogP) is 3.73. The molecule has 8 heteroatoms. The Labute approximate surface area is 182 Å². The van der Waals surface area contributed by atoms with Crippen molar-refractivity contribution in [2.24, 2.45) is 7.05 Å². The van der Waals surface area contributed by atoms with Crippen molar-refractivity contribution >= 4 is 34.1 Å². The first-order chi connectivity index (χ1) is 13.9. The van der Waals surface area contributed by atoms with E-state index >= 15 is 0 Å². The normalized spacial score (nSPS) is 27.4. The zero-order chi connectivity index (χ0) is 20.3. The average Bonchev–Trinajstić information content (AvgIpc) is 3.26. The van der Waals surface area contributed by atoms with Gasteiger partial charge in [0.25, 0.3) is 0 Å². The molecule has 2 aromatic rings. The van der Waals surface area contributed by atoms with Gasteiger partial charge in [0.15, 0.2) is 4.77 Å². The van der Waals surface area contributed by atoms with Crippen LogP contribution in [0, 0.1) is 10.6 Å². The van der Waals surface area contributed by atoms with Gasteiger partial charge in [-0.2, -0.15) is 0 Å². The summed E-state index contributed by atoms with van der Waals surface area (Å²) in [6, 6.07) is 5.22. The molecule has 5 rings (SSSR count). The van der Waals surface area contributed by atoms with Gasteiger partial charge in [0.05, 0.1) is 19.1 Å². The second kappa shape index (κ2) is 7.03. The lowest BCUT2D eigenvalue weighted by Crippen LogP contribution is -2.41. The Morgan fingerprint density at radius 1 is 1.48 bits per heavy atom. The zero-order valence-corrected chi connectivity index (χ0v) is 18.6. The number of carbonyl (C=O) groups is 1. The van der Waals surface area contributed by atoms with Crippen LogP contribution in [0.2, 0.25) is 0 Å². The number of carbonyl (C=O) groups excluding carboxylic acids is 1. The van der Waals surface area contributed by atoms with Crippen LogP contribution in [0.15, 0.2) is 22.7 Å². The van der Waals surface area contributed by atoms with Gasteiger partial charge in [-0.25, -0.2) is 4.39 Å². The van der Waals surface area contributed by atoms with E-state index in [1.165, 1.54) is 6.07 Å². The molecular formula is C21H23BrFN3O2S. The third kappa shape index (κ3) is 3.11. The summed E-state index contributed by atoms with van der Waals surface area (Å²) < 4.78 is 25.7. The summed E-state index contributed by atoms with van der Waals surface area (Å²) in [7, 11) is 1.92. The maximum absolute atomic E-state index is 14.6.